The van der Waals surface area contributed by atoms with E-state index in [2.05, 4.69) is 9.47 Å². The van der Waals surface area contributed by atoms with Gasteiger partial charge in [-0.15, -0.1) is 0 Å². The zero-order valence-corrected chi connectivity index (χ0v) is 25.7. The maximum absolute atomic E-state index is 13.4. The number of carbonyl (C=O) groups is 3. The van der Waals surface area contributed by atoms with Crippen LogP contribution in [0.1, 0.15) is 54.2 Å². The fourth-order valence-corrected chi connectivity index (χ4v) is 3.69. The molecule has 0 saturated carbocycles. The Hall–Kier alpha value is -3.49. The zero-order chi connectivity index (χ0) is 33.2. The fraction of sp³-hybridized carbons (Fsp3) is 0.483. The lowest BCUT2D eigenvalue weighted by molar-refractivity contribution is -0.145. The third-order valence-corrected chi connectivity index (χ3v) is 5.81. The molecule has 0 aliphatic carbocycles. The van der Waals surface area contributed by atoms with E-state index in [1.807, 2.05) is 0 Å². The first kappa shape index (κ1) is 40.6. The molecule has 1 amide bonds. The van der Waals surface area contributed by atoms with Crippen LogP contribution < -0.4 is 16.9 Å². The number of benzene rings is 2. The second-order valence-corrected chi connectivity index (χ2v) is 9.71. The molecular formula is C29H45F2N3O8. The number of carbonyl (C=O) groups excluding carboxylic acids is 3. The first-order chi connectivity index (χ1) is 19.5. The van der Waals surface area contributed by atoms with Crippen LogP contribution in [0.15, 0.2) is 24.3 Å². The summed E-state index contributed by atoms with van der Waals surface area (Å²) in [5.41, 5.74) is 11.7. The summed E-state index contributed by atoms with van der Waals surface area (Å²) in [5.74, 6) is -1.96. The molecule has 238 valence electrons. The molecule has 11 nitrogen and oxygen atoms in total. The third kappa shape index (κ3) is 15.5. The molecule has 0 aliphatic heterocycles. The number of aryl methyl sites for hydroxylation is 4. The Bertz CT molecular complexity index is 1020. The Morgan fingerprint density at radius 3 is 1.29 bits per heavy atom. The number of hydrogen-bond donors (Lipinski definition) is 6. The maximum atomic E-state index is 13.4. The van der Waals surface area contributed by atoms with Crippen LogP contribution >= 0.6 is 0 Å². The lowest BCUT2D eigenvalue weighted by Gasteiger charge is -2.11. The molecule has 7 N–H and O–H groups in total. The van der Waals surface area contributed by atoms with Gasteiger partial charge in [0.1, 0.15) is 17.7 Å². The average Bonchev–Trinajstić information content (AvgIpc) is 2.94. The average molecular weight is 602 g/mol. The van der Waals surface area contributed by atoms with Crippen molar-refractivity contribution in [3.05, 3.63) is 69.3 Å². The molecule has 2 aromatic carbocycles. The van der Waals surface area contributed by atoms with E-state index < -0.39 is 11.9 Å². The van der Waals surface area contributed by atoms with Crippen molar-refractivity contribution in [2.45, 2.75) is 67.3 Å². The Kier molecular flexibility index (Phi) is 20.6. The van der Waals surface area contributed by atoms with Gasteiger partial charge in [0.15, 0.2) is 0 Å². The Balaban J connectivity index is 0. The Morgan fingerprint density at radius 1 is 0.738 bits per heavy atom. The number of esters is 2. The molecule has 3 atom stereocenters. The standard InChI is InChI=1S/C13H17FO2.C12H16FNO2.C4H9NO2.H3NO2/c1-8-5-11(6-9(2)12(8)14)7-10(3)13(15)16-4;1-7-4-10(5-8(2)11(7)13)6-9(3)12(15)14-16;1-3(5)4(6)7-2;2-1-3/h5-6,10H,7H2,1-4H3;4-5,9,16H,6H2,1-3H3,(H,14,15);3H,5H2,1-2H3;1-3H/t10-;9-;3-;/m001./s1. The smallest absolute Gasteiger partial charge is 0.322 e. The Labute approximate surface area is 245 Å². The van der Waals surface area contributed by atoms with Crippen LogP contribution in [0.3, 0.4) is 0 Å². The topological polar surface area (TPSA) is 180 Å². The molecule has 0 spiro atoms. The number of hydrogen-bond acceptors (Lipinski definition) is 10. The van der Waals surface area contributed by atoms with Gasteiger partial charge in [0.2, 0.25) is 5.91 Å². The van der Waals surface area contributed by atoms with Gasteiger partial charge in [-0.2, -0.15) is 0 Å². The van der Waals surface area contributed by atoms with E-state index >= 15 is 0 Å². The van der Waals surface area contributed by atoms with Gasteiger partial charge in [0.25, 0.3) is 0 Å². The van der Waals surface area contributed by atoms with Gasteiger partial charge in [-0.1, -0.05) is 43.8 Å². The summed E-state index contributed by atoms with van der Waals surface area (Å²) >= 11 is 0. The highest BCUT2D eigenvalue weighted by molar-refractivity contribution is 5.77. The van der Waals surface area contributed by atoms with Crippen molar-refractivity contribution in [3.8, 4) is 0 Å². The number of nitrogens with one attached hydrogen (secondary N) is 2. The highest BCUT2D eigenvalue weighted by atomic mass is 19.1. The van der Waals surface area contributed by atoms with Crippen molar-refractivity contribution in [2.75, 3.05) is 14.2 Å². The number of nitrogens with two attached hydrogens (primary N) is 1. The van der Waals surface area contributed by atoms with Crippen LogP contribution in [0, 0.1) is 51.2 Å². The van der Waals surface area contributed by atoms with Crippen molar-refractivity contribution >= 4 is 17.8 Å². The number of hydroxylamine groups is 1. The van der Waals surface area contributed by atoms with Crippen molar-refractivity contribution in [2.24, 2.45) is 17.6 Å². The molecule has 0 aliphatic rings. The van der Waals surface area contributed by atoms with Gasteiger partial charge in [-0.05, 0) is 80.8 Å². The van der Waals surface area contributed by atoms with Crippen LogP contribution in [0.2, 0.25) is 0 Å². The number of rotatable bonds is 7. The second-order valence-electron chi connectivity index (χ2n) is 9.71. The van der Waals surface area contributed by atoms with Gasteiger partial charge >= 0.3 is 11.9 Å². The van der Waals surface area contributed by atoms with Gasteiger partial charge in [0, 0.05) is 5.92 Å². The van der Waals surface area contributed by atoms with Gasteiger partial charge < -0.3 is 15.2 Å². The number of ether oxygens (including phenoxy) is 2. The van der Waals surface area contributed by atoms with Gasteiger partial charge in [0.05, 0.1) is 20.1 Å². The summed E-state index contributed by atoms with van der Waals surface area (Å²) in [5, 5.41) is 22.2. The monoisotopic (exact) mass is 601 g/mol. The minimum absolute atomic E-state index is 0.172. The summed E-state index contributed by atoms with van der Waals surface area (Å²) in [6, 6.07) is 6.52. The molecule has 0 aromatic heterocycles. The summed E-state index contributed by atoms with van der Waals surface area (Å²) in [6.07, 6.45) is 1.06. The van der Waals surface area contributed by atoms with Crippen molar-refractivity contribution in [3.63, 3.8) is 0 Å². The van der Waals surface area contributed by atoms with E-state index in [1.54, 1.807) is 78.2 Å². The summed E-state index contributed by atoms with van der Waals surface area (Å²) in [6.45, 7) is 11.9. The quantitative estimate of drug-likeness (QED) is 0.155. The van der Waals surface area contributed by atoms with Gasteiger partial charge in [-0.25, -0.2) is 14.3 Å². The molecule has 0 heterocycles. The number of amides is 1. The first-order valence-electron chi connectivity index (χ1n) is 12.9. The van der Waals surface area contributed by atoms with Crippen LogP contribution in [0.5, 0.6) is 0 Å². The summed E-state index contributed by atoms with van der Waals surface area (Å²) in [7, 11) is 2.69. The largest absolute Gasteiger partial charge is 0.469 e. The van der Waals surface area contributed by atoms with E-state index in [1.165, 1.54) is 14.2 Å². The highest BCUT2D eigenvalue weighted by Crippen LogP contribution is 2.19. The number of methoxy groups -OCH3 is 2. The highest BCUT2D eigenvalue weighted by Gasteiger charge is 2.15. The molecule has 0 saturated heterocycles. The molecule has 13 heteroatoms. The molecule has 0 bridgehead atoms. The van der Waals surface area contributed by atoms with Crippen LogP contribution in [0.25, 0.3) is 0 Å². The van der Waals surface area contributed by atoms with Crippen molar-refractivity contribution in [1.29, 1.82) is 0 Å². The lowest BCUT2D eigenvalue weighted by Crippen LogP contribution is -2.27. The molecule has 0 unspecified atom stereocenters. The third-order valence-electron chi connectivity index (χ3n) is 5.81. The number of halogens is 2. The maximum Gasteiger partial charge on any atom is 0.322 e. The predicted molar refractivity (Wildman–Crippen MR) is 152 cm³/mol. The van der Waals surface area contributed by atoms with Crippen molar-refractivity contribution < 1.29 is 48.3 Å². The normalized spacial score (nSPS) is 12.0. The summed E-state index contributed by atoms with van der Waals surface area (Å²) in [4.78, 5) is 32.5. The molecule has 2 aromatic rings. The zero-order valence-electron chi connectivity index (χ0n) is 25.7. The van der Waals surface area contributed by atoms with E-state index in [0.717, 1.165) is 16.8 Å². The van der Waals surface area contributed by atoms with E-state index in [0.29, 0.717) is 35.1 Å². The van der Waals surface area contributed by atoms with Gasteiger partial charge in [-0.3, -0.25) is 30.0 Å². The minimum atomic E-state index is -0.495. The molecular weight excluding hydrogens is 556 g/mol. The van der Waals surface area contributed by atoms with E-state index in [-0.39, 0.29) is 35.4 Å². The predicted octanol–water partition coefficient (Wildman–Crippen LogP) is 3.78. The van der Waals surface area contributed by atoms with Crippen LogP contribution in [-0.4, -0.2) is 53.7 Å². The van der Waals surface area contributed by atoms with E-state index in [9.17, 15) is 23.2 Å². The lowest BCUT2D eigenvalue weighted by atomic mass is 9.97. The minimum Gasteiger partial charge on any atom is -0.469 e. The fourth-order valence-electron chi connectivity index (χ4n) is 3.69. The van der Waals surface area contributed by atoms with Crippen LogP contribution in [-0.2, 0) is 36.7 Å². The van der Waals surface area contributed by atoms with Crippen molar-refractivity contribution in [1.82, 2.24) is 11.1 Å². The first-order valence-corrected chi connectivity index (χ1v) is 12.9. The molecule has 42 heavy (non-hydrogen) atoms. The Morgan fingerprint density at radius 2 is 1.05 bits per heavy atom. The summed E-state index contributed by atoms with van der Waals surface area (Å²) < 4.78 is 35.6. The SMILES string of the molecule is COC(=O)[C@@H](C)Cc1cc(C)c(F)c(C)c1.COC(=O)[C@@H](C)N.Cc1cc(C[C@H](C)C(=O)NO)cc(C)c1F.ONO. The van der Waals surface area contributed by atoms with E-state index in [4.69, 9.17) is 21.4 Å². The molecule has 0 fully saturated rings. The molecule has 0 radical (unpaired) electrons. The second kappa shape index (κ2) is 21.2. The van der Waals surface area contributed by atoms with Crippen LogP contribution in [0.4, 0.5) is 8.78 Å². The molecule has 2 rings (SSSR count).